The average molecular weight is 541 g/mol. The Kier molecular flexibility index (Phi) is 9.04. The summed E-state index contributed by atoms with van der Waals surface area (Å²) in [5.41, 5.74) is 2.81. The summed E-state index contributed by atoms with van der Waals surface area (Å²) in [5.74, 6) is -1.79. The number of likely N-dealkylation sites (tertiary alicyclic amines) is 1. The molecule has 8 heteroatoms. The van der Waals surface area contributed by atoms with E-state index in [-0.39, 0.29) is 36.2 Å². The highest BCUT2D eigenvalue weighted by atomic mass is 32.2. The predicted molar refractivity (Wildman–Crippen MR) is 151 cm³/mol. The summed E-state index contributed by atoms with van der Waals surface area (Å²) >= 11 is 1.64. The average Bonchev–Trinajstić information content (AvgIpc) is 3.54. The number of anilines is 1. The summed E-state index contributed by atoms with van der Waals surface area (Å²) in [4.78, 5) is 45.1. The van der Waals surface area contributed by atoms with E-state index < -0.39 is 22.6 Å². The van der Waals surface area contributed by atoms with Crippen LogP contribution in [0.4, 0.5) is 5.69 Å². The Morgan fingerprint density at radius 3 is 2.74 bits per heavy atom. The van der Waals surface area contributed by atoms with Gasteiger partial charge in [-0.2, -0.15) is 0 Å². The first kappa shape index (κ1) is 28.4. The number of hydrogen-bond donors (Lipinski definition) is 1. The first-order valence-corrected chi connectivity index (χ1v) is 14.5. The molecule has 1 N–H and O–H groups in total. The fourth-order valence-corrected chi connectivity index (χ4v) is 8.64. The lowest BCUT2D eigenvalue weighted by molar-refractivity contribution is -0.154. The van der Waals surface area contributed by atoms with Gasteiger partial charge in [0, 0.05) is 30.6 Å². The van der Waals surface area contributed by atoms with Crippen molar-refractivity contribution in [1.82, 2.24) is 4.90 Å². The Hall–Kier alpha value is -2.58. The van der Waals surface area contributed by atoms with Crippen molar-refractivity contribution in [1.29, 1.82) is 0 Å². The van der Waals surface area contributed by atoms with Crippen LogP contribution in [-0.2, 0) is 19.1 Å². The van der Waals surface area contributed by atoms with E-state index in [0.717, 1.165) is 42.5 Å². The molecule has 3 heterocycles. The number of rotatable bonds is 13. The lowest BCUT2D eigenvalue weighted by atomic mass is 9.71. The number of allylic oxidation sites excluding steroid dienone is 1. The number of nitrogens with zero attached hydrogens (tertiary/aromatic N) is 2. The van der Waals surface area contributed by atoms with E-state index in [0.29, 0.717) is 26.0 Å². The van der Waals surface area contributed by atoms with Crippen molar-refractivity contribution in [3.05, 3.63) is 54.6 Å². The molecule has 3 aliphatic rings. The molecule has 1 spiro atoms. The number of esters is 1. The zero-order valence-electron chi connectivity index (χ0n) is 22.6. The van der Waals surface area contributed by atoms with Crippen LogP contribution in [0.15, 0.2) is 43.5 Å². The number of carbonyl (C=O) groups excluding carboxylic acids is 3. The SMILES string of the molecule is C=CCCCCOC(=O)[C@@H]1[C@H]2C(=O)N(CCCO)C(C(=O)N(CC=C)c3cc(C)ccc3C)C23CC[C@H]1S3. The number of aliphatic hydroxyl groups is 1. The van der Waals surface area contributed by atoms with E-state index in [1.807, 2.05) is 38.1 Å². The highest BCUT2D eigenvalue weighted by Gasteiger charge is 2.74. The Labute approximate surface area is 230 Å². The van der Waals surface area contributed by atoms with Crippen LogP contribution >= 0.6 is 11.8 Å². The lowest BCUT2D eigenvalue weighted by Crippen LogP contribution is -2.55. The number of benzene rings is 1. The normalized spacial score (nSPS) is 27.3. The number of amides is 2. The third kappa shape index (κ3) is 5.05. The Morgan fingerprint density at radius 2 is 2.03 bits per heavy atom. The van der Waals surface area contributed by atoms with Crippen LogP contribution in [-0.4, -0.2) is 70.1 Å². The maximum absolute atomic E-state index is 14.5. The molecule has 3 fully saturated rings. The van der Waals surface area contributed by atoms with Gasteiger partial charge >= 0.3 is 5.97 Å². The number of aryl methyl sites for hydroxylation is 2. The number of hydrogen-bond acceptors (Lipinski definition) is 6. The first-order valence-electron chi connectivity index (χ1n) is 13.7. The molecule has 2 bridgehead atoms. The summed E-state index contributed by atoms with van der Waals surface area (Å²) in [5, 5.41) is 9.54. The van der Waals surface area contributed by atoms with E-state index in [9.17, 15) is 19.5 Å². The zero-order chi connectivity index (χ0) is 27.4. The molecule has 7 nitrogen and oxygen atoms in total. The van der Waals surface area contributed by atoms with Crippen molar-refractivity contribution >= 4 is 35.2 Å². The minimum absolute atomic E-state index is 0.0338. The minimum Gasteiger partial charge on any atom is -0.465 e. The van der Waals surface area contributed by atoms with E-state index in [1.165, 1.54) is 0 Å². The van der Waals surface area contributed by atoms with Gasteiger partial charge in [0.15, 0.2) is 0 Å². The van der Waals surface area contributed by atoms with Crippen molar-refractivity contribution in [3.8, 4) is 0 Å². The van der Waals surface area contributed by atoms with Crippen molar-refractivity contribution in [2.75, 3.05) is 31.2 Å². The van der Waals surface area contributed by atoms with Gasteiger partial charge in [0.1, 0.15) is 6.04 Å². The van der Waals surface area contributed by atoms with Crippen LogP contribution in [0.1, 0.15) is 49.7 Å². The van der Waals surface area contributed by atoms with E-state index in [1.54, 1.807) is 27.6 Å². The van der Waals surface area contributed by atoms with E-state index >= 15 is 0 Å². The second-order valence-electron chi connectivity index (χ2n) is 10.6. The molecular weight excluding hydrogens is 500 g/mol. The predicted octanol–water partition coefficient (Wildman–Crippen LogP) is 4.20. The number of thioether (sulfide) groups is 1. The highest BCUT2D eigenvalue weighted by molar-refractivity contribution is 8.02. The lowest BCUT2D eigenvalue weighted by Gasteiger charge is -2.37. The molecule has 1 aromatic rings. The highest BCUT2D eigenvalue weighted by Crippen LogP contribution is 2.66. The second-order valence-corrected chi connectivity index (χ2v) is 12.2. The summed E-state index contributed by atoms with van der Waals surface area (Å²) in [7, 11) is 0. The molecule has 3 saturated heterocycles. The number of aliphatic hydroxyl groups excluding tert-OH is 1. The summed E-state index contributed by atoms with van der Waals surface area (Å²) < 4.78 is 4.99. The van der Waals surface area contributed by atoms with Gasteiger partial charge in [-0.1, -0.05) is 24.3 Å². The van der Waals surface area contributed by atoms with Crippen LogP contribution in [0.3, 0.4) is 0 Å². The van der Waals surface area contributed by atoms with Crippen molar-refractivity contribution < 1.29 is 24.2 Å². The molecular formula is C30H40N2O5S. The van der Waals surface area contributed by atoms with Gasteiger partial charge in [0.25, 0.3) is 5.91 Å². The Morgan fingerprint density at radius 1 is 1.24 bits per heavy atom. The van der Waals surface area contributed by atoms with E-state index in [4.69, 9.17) is 4.74 Å². The number of carbonyl (C=O) groups is 3. The number of fused-ring (bicyclic) bond motifs is 1. The minimum atomic E-state index is -0.716. The van der Waals surface area contributed by atoms with Gasteiger partial charge in [0.2, 0.25) is 5.91 Å². The summed E-state index contributed by atoms with van der Waals surface area (Å²) in [6.07, 6.45) is 7.91. The molecule has 0 aromatic heterocycles. The summed E-state index contributed by atoms with van der Waals surface area (Å²) in [6, 6.07) is 5.28. The van der Waals surface area contributed by atoms with Crippen LogP contribution < -0.4 is 4.90 Å². The molecule has 206 valence electrons. The molecule has 2 amide bonds. The third-order valence-electron chi connectivity index (χ3n) is 8.14. The van der Waals surface area contributed by atoms with Gasteiger partial charge in [0.05, 0.1) is 23.2 Å². The molecule has 5 atom stereocenters. The molecule has 38 heavy (non-hydrogen) atoms. The monoisotopic (exact) mass is 540 g/mol. The van der Waals surface area contributed by atoms with Gasteiger partial charge in [-0.3, -0.25) is 14.4 Å². The van der Waals surface area contributed by atoms with Crippen LogP contribution in [0.5, 0.6) is 0 Å². The van der Waals surface area contributed by atoms with Crippen LogP contribution in [0.25, 0.3) is 0 Å². The Bertz CT molecular complexity index is 1090. The molecule has 3 aliphatic heterocycles. The molecule has 2 unspecified atom stereocenters. The fourth-order valence-electron chi connectivity index (χ4n) is 6.44. The van der Waals surface area contributed by atoms with Crippen LogP contribution in [0.2, 0.25) is 0 Å². The van der Waals surface area contributed by atoms with Gasteiger partial charge < -0.3 is 19.6 Å². The van der Waals surface area contributed by atoms with Crippen LogP contribution in [0, 0.1) is 25.7 Å². The zero-order valence-corrected chi connectivity index (χ0v) is 23.4. The molecule has 4 rings (SSSR count). The molecule has 0 saturated carbocycles. The molecule has 0 aliphatic carbocycles. The standard InChI is InChI=1S/C30H40N2O5S/c1-5-7-8-9-18-37-29(36)24-23-13-14-30(38-23)25(24)27(34)32(16-10-17-33)26(30)28(35)31(15-6-2)22-19-20(3)11-12-21(22)4/h5-6,11-12,19,23-26,33H,1-2,7-10,13-18H2,3-4H3/t23-,24+,25+,26?,30?/m1/s1. The smallest absolute Gasteiger partial charge is 0.310 e. The van der Waals surface area contributed by atoms with Crippen molar-refractivity contribution in [2.24, 2.45) is 11.8 Å². The van der Waals surface area contributed by atoms with Gasteiger partial charge in [-0.25, -0.2) is 0 Å². The van der Waals surface area contributed by atoms with Gasteiger partial charge in [-0.05, 0) is 69.6 Å². The maximum Gasteiger partial charge on any atom is 0.310 e. The quantitative estimate of drug-likeness (QED) is 0.229. The van der Waals surface area contributed by atoms with E-state index in [2.05, 4.69) is 13.2 Å². The van der Waals surface area contributed by atoms with Crippen molar-refractivity contribution in [3.63, 3.8) is 0 Å². The largest absolute Gasteiger partial charge is 0.465 e. The molecule has 0 radical (unpaired) electrons. The topological polar surface area (TPSA) is 87.1 Å². The second kappa shape index (κ2) is 12.1. The Balaban J connectivity index is 1.67. The van der Waals surface area contributed by atoms with Crippen molar-refractivity contribution in [2.45, 2.75) is 68.4 Å². The third-order valence-corrected chi connectivity index (χ3v) is 10.1. The number of unbranched alkanes of at least 4 members (excludes halogenated alkanes) is 2. The number of ether oxygens (including phenoxy) is 1. The first-order chi connectivity index (χ1) is 18.3. The fraction of sp³-hybridized carbons (Fsp3) is 0.567. The maximum atomic E-state index is 14.5. The van der Waals surface area contributed by atoms with Gasteiger partial charge in [-0.15, -0.1) is 24.9 Å². The molecule has 1 aromatic carbocycles. The summed E-state index contributed by atoms with van der Waals surface area (Å²) in [6.45, 7) is 12.4.